The van der Waals surface area contributed by atoms with Crippen LogP contribution in [-0.2, 0) is 17.7 Å². The lowest BCUT2D eigenvalue weighted by Crippen LogP contribution is -2.46. The van der Waals surface area contributed by atoms with Gasteiger partial charge < -0.3 is 19.9 Å². The predicted octanol–water partition coefficient (Wildman–Crippen LogP) is 3.29. The van der Waals surface area contributed by atoms with Crippen LogP contribution in [0.2, 0.25) is 0 Å². The molecule has 3 heterocycles. The van der Waals surface area contributed by atoms with E-state index in [0.717, 1.165) is 38.5 Å². The van der Waals surface area contributed by atoms with E-state index < -0.39 is 19.0 Å². The Hall–Kier alpha value is -2.31. The lowest BCUT2D eigenvalue weighted by atomic mass is 9.82. The minimum atomic E-state index is -2.29. The number of amides is 3. The van der Waals surface area contributed by atoms with Gasteiger partial charge in [-0.15, -0.1) is 0 Å². The van der Waals surface area contributed by atoms with Crippen molar-refractivity contribution in [3.63, 3.8) is 0 Å². The first-order chi connectivity index (χ1) is 15.5. The van der Waals surface area contributed by atoms with Gasteiger partial charge in [0.25, 0.3) is 0 Å². The third-order valence-corrected chi connectivity index (χ3v) is 7.11. The lowest BCUT2D eigenvalue weighted by Gasteiger charge is -2.40. The fourth-order valence-corrected chi connectivity index (χ4v) is 4.76. The van der Waals surface area contributed by atoms with Gasteiger partial charge in [0.1, 0.15) is 5.60 Å². The van der Waals surface area contributed by atoms with Crippen LogP contribution in [-0.4, -0.2) is 52.1 Å². The first-order valence-corrected chi connectivity index (χ1v) is 10.5. The van der Waals surface area contributed by atoms with Crippen LogP contribution in [0.25, 0.3) is 0 Å². The Bertz CT molecular complexity index is 941. The number of piperidine rings is 1. The van der Waals surface area contributed by atoms with Gasteiger partial charge in [-0.3, -0.25) is 4.98 Å². The molecular weight excluding hydrogens is 368 g/mol. The number of carbonyl (C=O) groups excluding carboxylic acids is 2. The Morgan fingerprint density at radius 1 is 1.24 bits per heavy atom. The third kappa shape index (κ3) is 3.55. The number of rotatable bonds is 3. The van der Waals surface area contributed by atoms with E-state index >= 15 is 0 Å². The van der Waals surface area contributed by atoms with E-state index in [1.54, 1.807) is 4.90 Å². The summed E-state index contributed by atoms with van der Waals surface area (Å²) in [6, 6.07) is 0.651. The minimum absolute atomic E-state index is 0.0723. The highest BCUT2D eigenvalue weighted by Gasteiger charge is 2.55. The summed E-state index contributed by atoms with van der Waals surface area (Å²) in [5.74, 6) is 0.243. The summed E-state index contributed by atoms with van der Waals surface area (Å²) in [4.78, 5) is 31.7. The quantitative estimate of drug-likeness (QED) is 0.842. The number of fused-ring (bicyclic) bond motifs is 1. The molecule has 1 spiro atoms. The van der Waals surface area contributed by atoms with Crippen molar-refractivity contribution in [3.05, 3.63) is 29.6 Å². The number of nitrogens with zero attached hydrogens (tertiary/aromatic N) is 3. The zero-order valence-electron chi connectivity index (χ0n) is 20.7. The second kappa shape index (κ2) is 6.89. The molecule has 2 saturated carbocycles. The number of urea groups is 1. The van der Waals surface area contributed by atoms with E-state index in [9.17, 15) is 9.59 Å². The predicted molar refractivity (Wildman–Crippen MR) is 107 cm³/mol. The van der Waals surface area contributed by atoms with Gasteiger partial charge in [0, 0.05) is 45.0 Å². The number of nitrogens with one attached hydrogen (secondary N) is 1. The maximum Gasteiger partial charge on any atom is 0.410 e. The normalized spacial score (nSPS) is 31.4. The van der Waals surface area contributed by atoms with Gasteiger partial charge in [-0.05, 0) is 74.0 Å². The summed E-state index contributed by atoms with van der Waals surface area (Å²) in [6.45, 7) is -0.937. The molecule has 3 fully saturated rings. The van der Waals surface area contributed by atoms with Crippen molar-refractivity contribution in [2.24, 2.45) is 11.3 Å². The minimum Gasteiger partial charge on any atom is -0.443 e. The molecule has 4 aliphatic rings. The molecule has 1 unspecified atom stereocenters. The average Bonchev–Trinajstić information content (AvgIpc) is 3.38. The number of hydrogen-bond donors (Lipinski definition) is 1. The topological polar surface area (TPSA) is 74.8 Å². The number of ether oxygens (including phenoxy) is 1. The maximum atomic E-state index is 12.9. The standard InChI is InChI=1S/C22H30N4O3/c1-21(4-2-5-21)29-20(28)25-9-6-22(7-10-25)11-18(22)13-24-19(27)26-14-16-3-8-23-12-17(16)15-26/h3,8,12,18H,2,4-7,9-11,13-15H2,1H3,(H,24,27)/i14D2,15D2. The van der Waals surface area contributed by atoms with E-state index in [-0.39, 0.29) is 34.2 Å². The van der Waals surface area contributed by atoms with E-state index in [0.29, 0.717) is 24.5 Å². The Labute approximate surface area is 177 Å². The van der Waals surface area contributed by atoms with Crippen LogP contribution >= 0.6 is 0 Å². The molecule has 2 aliphatic carbocycles. The summed E-state index contributed by atoms with van der Waals surface area (Å²) < 4.78 is 39.1. The first-order valence-electron chi connectivity index (χ1n) is 12.5. The third-order valence-electron chi connectivity index (χ3n) is 7.11. The summed E-state index contributed by atoms with van der Waals surface area (Å²) in [6.07, 6.45) is 8.03. The molecule has 7 nitrogen and oxygen atoms in total. The summed E-state index contributed by atoms with van der Waals surface area (Å²) >= 11 is 0. The molecule has 7 heteroatoms. The van der Waals surface area contributed by atoms with Crippen molar-refractivity contribution in [3.8, 4) is 0 Å². The Morgan fingerprint density at radius 3 is 2.69 bits per heavy atom. The van der Waals surface area contributed by atoms with Crippen LogP contribution in [0.1, 0.15) is 62.1 Å². The second-order valence-electron chi connectivity index (χ2n) is 9.09. The highest BCUT2D eigenvalue weighted by Crippen LogP contribution is 2.59. The molecule has 5 rings (SSSR count). The molecule has 1 atom stereocenters. The number of carbonyl (C=O) groups is 2. The van der Waals surface area contributed by atoms with Crippen molar-refractivity contribution < 1.29 is 19.8 Å². The van der Waals surface area contributed by atoms with Crippen molar-refractivity contribution >= 4 is 12.1 Å². The van der Waals surface area contributed by atoms with Crippen LogP contribution in [0.5, 0.6) is 0 Å². The number of hydrogen-bond acceptors (Lipinski definition) is 4. The monoisotopic (exact) mass is 402 g/mol. The molecule has 0 radical (unpaired) electrons. The van der Waals surface area contributed by atoms with Crippen molar-refractivity contribution in [2.75, 3.05) is 19.6 Å². The first kappa shape index (κ1) is 14.6. The summed E-state index contributed by atoms with van der Waals surface area (Å²) in [7, 11) is 0. The molecule has 1 aromatic rings. The molecule has 156 valence electrons. The second-order valence-corrected chi connectivity index (χ2v) is 9.09. The van der Waals surface area contributed by atoms with Gasteiger partial charge in [-0.1, -0.05) is 0 Å². The van der Waals surface area contributed by atoms with Gasteiger partial charge in [0.15, 0.2) is 0 Å². The SMILES string of the molecule is [2H]C1([2H])c2ccncc2C([2H])([2H])N1C(=O)NCC1CC12CCN(C(=O)OC1(C)CCC1)CC2. The van der Waals surface area contributed by atoms with Crippen LogP contribution in [0.4, 0.5) is 9.59 Å². The van der Waals surface area contributed by atoms with Crippen LogP contribution in [0.15, 0.2) is 18.5 Å². The van der Waals surface area contributed by atoms with Gasteiger partial charge in [-0.25, -0.2) is 9.59 Å². The van der Waals surface area contributed by atoms with Crippen molar-refractivity contribution in [2.45, 2.75) is 64.0 Å². The van der Waals surface area contributed by atoms with Gasteiger partial charge in [0.2, 0.25) is 0 Å². The smallest absolute Gasteiger partial charge is 0.410 e. The Kier molecular flexibility index (Phi) is 3.48. The van der Waals surface area contributed by atoms with Gasteiger partial charge >= 0.3 is 12.1 Å². The summed E-state index contributed by atoms with van der Waals surface area (Å²) in [5, 5.41) is 2.77. The van der Waals surface area contributed by atoms with Gasteiger partial charge in [0.05, 0.1) is 5.48 Å². The maximum absolute atomic E-state index is 12.9. The molecule has 1 aromatic heterocycles. The average molecular weight is 403 g/mol. The fraction of sp³-hybridized carbons (Fsp3) is 0.682. The molecule has 29 heavy (non-hydrogen) atoms. The molecule has 0 bridgehead atoms. The molecule has 1 saturated heterocycles. The highest BCUT2D eigenvalue weighted by atomic mass is 16.6. The fourth-order valence-electron chi connectivity index (χ4n) is 4.76. The van der Waals surface area contributed by atoms with Crippen molar-refractivity contribution in [1.82, 2.24) is 20.1 Å². The summed E-state index contributed by atoms with van der Waals surface area (Å²) in [5.41, 5.74) is -0.0289. The zero-order valence-corrected chi connectivity index (χ0v) is 16.7. The van der Waals surface area contributed by atoms with E-state index in [1.807, 2.05) is 6.92 Å². The van der Waals surface area contributed by atoms with E-state index in [1.165, 1.54) is 18.5 Å². The van der Waals surface area contributed by atoms with Gasteiger partial charge in [-0.2, -0.15) is 0 Å². The number of aromatic nitrogens is 1. The Morgan fingerprint density at radius 2 is 2.00 bits per heavy atom. The molecule has 2 aliphatic heterocycles. The number of likely N-dealkylation sites (tertiary alicyclic amines) is 1. The van der Waals surface area contributed by atoms with E-state index in [2.05, 4.69) is 10.3 Å². The molecular formula is C22H30N4O3. The molecule has 0 aromatic carbocycles. The van der Waals surface area contributed by atoms with Crippen LogP contribution in [0.3, 0.4) is 0 Å². The molecule has 3 amide bonds. The highest BCUT2D eigenvalue weighted by molar-refractivity contribution is 5.75. The van der Waals surface area contributed by atoms with Crippen LogP contribution < -0.4 is 5.32 Å². The van der Waals surface area contributed by atoms with E-state index in [4.69, 9.17) is 10.2 Å². The largest absolute Gasteiger partial charge is 0.443 e. The van der Waals surface area contributed by atoms with Crippen molar-refractivity contribution in [1.29, 1.82) is 0 Å². The molecule has 1 N–H and O–H groups in total. The Balaban J connectivity index is 1.15. The zero-order chi connectivity index (χ0) is 23.6. The van der Waals surface area contributed by atoms with Crippen LogP contribution in [0, 0.1) is 11.3 Å². The number of pyridine rings is 1. The lowest BCUT2D eigenvalue weighted by molar-refractivity contribution is -0.0511.